The summed E-state index contributed by atoms with van der Waals surface area (Å²) in [6.07, 6.45) is 9.38. The summed E-state index contributed by atoms with van der Waals surface area (Å²) in [7, 11) is 3.06. The first-order valence-corrected chi connectivity index (χ1v) is 29.3. The Morgan fingerprint density at radius 3 is 1.53 bits per heavy atom. The van der Waals surface area contributed by atoms with Gasteiger partial charge >= 0.3 is 24.2 Å². The van der Waals surface area contributed by atoms with Gasteiger partial charge in [-0.25, -0.2) is 24.1 Å². The Bertz CT molecular complexity index is 3130. The molecule has 4 aliphatic heterocycles. The van der Waals surface area contributed by atoms with Crippen LogP contribution >= 0.6 is 92.6 Å². The van der Waals surface area contributed by atoms with Crippen molar-refractivity contribution in [3.63, 3.8) is 0 Å². The van der Waals surface area contributed by atoms with Crippen LogP contribution in [0.5, 0.6) is 0 Å². The number of urea groups is 2. The number of anilines is 2. The van der Waals surface area contributed by atoms with Crippen LogP contribution in [0.25, 0.3) is 0 Å². The standard InChI is InChI=1S/C28H32N4O5S.C15H20BrNOS.C13H13N3O4.4H2S/c1-15-16(2)38-23-13-31(22(17-4-5-17)9-7-20(15)23)24(33)14-32-25(34)28(37-27(32)36)11-10-18-12-19(6-8-21(18)28)30-26(35)29-3;1-9-10(2)19-14-8-17(15(18)7-16)13(11-3-4-11)6-5-12(9)14;1-14-11(18)15-8-2-3-9-7(6-8)4-5-13(9)10(17)16-12(19)20-13;;;;/h6,8,12,17,22H,4-5,7,9-11,13-14H2,1-3H3,(H2,29,30,35);11,13H,3-8H2,1-2H3;2-3,6H,4-5H2,1H3,(H2,14,15,18)(H,16,17,19);4*1H2/t22-,28-;2*13-;;;;/m000..../s1. The van der Waals surface area contributed by atoms with E-state index in [-0.39, 0.29) is 90.4 Å². The summed E-state index contributed by atoms with van der Waals surface area (Å²) in [5.74, 6) is 0.397. The fourth-order valence-corrected chi connectivity index (χ4v) is 15.0. The van der Waals surface area contributed by atoms with E-state index in [0.717, 1.165) is 67.0 Å². The van der Waals surface area contributed by atoms with Gasteiger partial charge in [0.15, 0.2) is 0 Å². The van der Waals surface area contributed by atoms with E-state index >= 15 is 0 Å². The quantitative estimate of drug-likeness (QED) is 0.110. The molecular formula is C56H73BrN8O10S6. The molecule has 4 atom stereocenters. The number of thiophene rings is 2. The first kappa shape index (κ1) is 65.2. The van der Waals surface area contributed by atoms with Crippen molar-refractivity contribution in [1.82, 2.24) is 30.7 Å². The number of aryl methyl sites for hydroxylation is 4. The molecule has 4 fully saturated rings. The van der Waals surface area contributed by atoms with Gasteiger partial charge in [0, 0.05) is 81.0 Å². The van der Waals surface area contributed by atoms with Crippen molar-refractivity contribution in [1.29, 1.82) is 0 Å². The summed E-state index contributed by atoms with van der Waals surface area (Å²) in [6.45, 7) is 9.76. The minimum Gasteiger partial charge on any atom is -0.427 e. The second-order valence-electron chi connectivity index (χ2n) is 21.3. The van der Waals surface area contributed by atoms with E-state index in [0.29, 0.717) is 72.0 Å². The Balaban J connectivity index is 0.000000209. The van der Waals surface area contributed by atoms with E-state index in [1.807, 2.05) is 16.2 Å². The van der Waals surface area contributed by atoms with Crippen molar-refractivity contribution in [2.24, 2.45) is 11.8 Å². The van der Waals surface area contributed by atoms with E-state index in [2.05, 4.69) is 75.1 Å². The van der Waals surface area contributed by atoms with Crippen LogP contribution in [0, 0.1) is 39.5 Å². The van der Waals surface area contributed by atoms with Gasteiger partial charge in [-0.05, 0) is 161 Å². The van der Waals surface area contributed by atoms with Crippen molar-refractivity contribution < 1.29 is 47.8 Å². The molecule has 25 heteroatoms. The number of nitrogens with zero attached hydrogens (tertiary/aromatic N) is 3. The smallest absolute Gasteiger partial charge is 0.418 e. The first-order chi connectivity index (χ1) is 36.9. The average Bonchev–Trinajstić information content (AvgIpc) is 4.35. The van der Waals surface area contributed by atoms with Crippen molar-refractivity contribution in [2.75, 3.05) is 36.6 Å². The molecule has 6 heterocycles. The molecule has 440 valence electrons. The molecule has 5 N–H and O–H groups in total. The molecular weight excluding hydrogens is 1220 g/mol. The van der Waals surface area contributed by atoms with Crippen molar-refractivity contribution in [3.05, 3.63) is 100 Å². The largest absolute Gasteiger partial charge is 0.427 e. The molecule has 2 spiro atoms. The van der Waals surface area contributed by atoms with Gasteiger partial charge in [0.25, 0.3) is 11.8 Å². The number of fused-ring (bicyclic) bond motifs is 6. The first-order valence-electron chi connectivity index (χ1n) is 26.5. The van der Waals surface area contributed by atoms with Gasteiger partial charge in [0.1, 0.15) is 6.54 Å². The highest BCUT2D eigenvalue weighted by Crippen LogP contribution is 2.48. The molecule has 10 amide bonds. The predicted molar refractivity (Wildman–Crippen MR) is 336 cm³/mol. The molecule has 8 aliphatic rings. The van der Waals surface area contributed by atoms with Crippen LogP contribution in [0.3, 0.4) is 0 Å². The number of alkyl halides is 1. The number of hydrogen-bond acceptors (Lipinski definition) is 12. The number of carbonyl (C=O) groups is 8. The molecule has 12 rings (SSSR count). The predicted octanol–water partition coefficient (Wildman–Crippen LogP) is 9.10. The average molecular weight is 1290 g/mol. The lowest BCUT2D eigenvalue weighted by molar-refractivity contribution is -0.143. The lowest BCUT2D eigenvalue weighted by Gasteiger charge is -2.31. The van der Waals surface area contributed by atoms with Gasteiger partial charge < -0.3 is 40.5 Å². The monoisotopic (exact) mass is 1290 g/mol. The van der Waals surface area contributed by atoms with Crippen molar-refractivity contribution in [2.45, 2.75) is 141 Å². The molecule has 0 bridgehead atoms. The van der Waals surface area contributed by atoms with Crippen LogP contribution in [-0.2, 0) is 78.6 Å². The van der Waals surface area contributed by atoms with Gasteiger partial charge in [-0.2, -0.15) is 54.0 Å². The van der Waals surface area contributed by atoms with Gasteiger partial charge in [-0.1, -0.05) is 28.1 Å². The highest BCUT2D eigenvalue weighted by Gasteiger charge is 2.59. The number of nitrogens with one attached hydrogen (secondary N) is 5. The van der Waals surface area contributed by atoms with Crippen LogP contribution in [0.4, 0.5) is 30.6 Å². The number of amides is 10. The fourth-order valence-electron chi connectivity index (χ4n) is 12.2. The Labute approximate surface area is 516 Å². The van der Waals surface area contributed by atoms with Crippen LogP contribution < -0.4 is 26.6 Å². The molecule has 0 radical (unpaired) electrons. The Kier molecular flexibility index (Phi) is 21.2. The molecule has 4 aromatic rings. The van der Waals surface area contributed by atoms with Crippen molar-refractivity contribution >= 4 is 152 Å². The third kappa shape index (κ3) is 12.8. The Hall–Kier alpha value is -4.92. The van der Waals surface area contributed by atoms with Gasteiger partial charge in [-0.3, -0.25) is 24.5 Å². The molecule has 2 saturated heterocycles. The van der Waals surface area contributed by atoms with Crippen LogP contribution in [0.15, 0.2) is 36.4 Å². The van der Waals surface area contributed by atoms with Crippen LogP contribution in [0.1, 0.15) is 115 Å². The van der Waals surface area contributed by atoms with E-state index in [1.54, 1.807) is 47.7 Å². The number of rotatable bonds is 7. The summed E-state index contributed by atoms with van der Waals surface area (Å²) >= 11 is 6.98. The van der Waals surface area contributed by atoms with Gasteiger partial charge in [0.05, 0.1) is 18.4 Å². The zero-order valence-corrected chi connectivity index (χ0v) is 53.4. The maximum Gasteiger partial charge on any atom is 0.418 e. The SMILES string of the molecule is CNC(=O)Nc1ccc2c(c1)CC[C@]21OC(=O)N(CC(=O)N2Cc3sc(C)c(C)c3CC[C@H]2C2CC2)C1=O.CNC(=O)Nc1ccc2c(c1)CC[C@]21OC(=O)NC1=O.Cc1sc2c(c1C)CC[C@@H](C1CC1)N(C(=O)CBr)C2.S.S.S.S. The lowest BCUT2D eigenvalue weighted by atomic mass is 9.94. The number of halogens is 1. The maximum absolute atomic E-state index is 13.7. The van der Waals surface area contributed by atoms with Crippen molar-refractivity contribution in [3.8, 4) is 0 Å². The van der Waals surface area contributed by atoms with Crippen LogP contribution in [0.2, 0.25) is 0 Å². The lowest BCUT2D eigenvalue weighted by Crippen LogP contribution is -2.48. The normalized spacial score (nSPS) is 22.5. The zero-order valence-electron chi connectivity index (χ0n) is 46.2. The maximum atomic E-state index is 13.7. The number of imide groups is 2. The zero-order chi connectivity index (χ0) is 54.7. The molecule has 2 aromatic heterocycles. The second kappa shape index (κ2) is 26.3. The molecule has 0 unspecified atom stereocenters. The minimum absolute atomic E-state index is 0. The Morgan fingerprint density at radius 2 is 1.10 bits per heavy atom. The molecule has 2 aromatic carbocycles. The van der Waals surface area contributed by atoms with E-state index in [4.69, 9.17) is 9.47 Å². The molecule has 18 nitrogen and oxygen atoms in total. The highest BCUT2D eigenvalue weighted by atomic mass is 79.9. The number of hydrogen-bond donors (Lipinski definition) is 5. The second-order valence-corrected chi connectivity index (χ2v) is 24.5. The summed E-state index contributed by atoms with van der Waals surface area (Å²) in [5.41, 5.74) is 7.31. The molecule has 2 saturated carbocycles. The van der Waals surface area contributed by atoms with E-state index in [9.17, 15) is 38.4 Å². The summed E-state index contributed by atoms with van der Waals surface area (Å²) in [6, 6.07) is 10.3. The van der Waals surface area contributed by atoms with E-state index < -0.39 is 35.2 Å². The minimum atomic E-state index is -1.41. The number of ether oxygens (including phenoxy) is 2. The van der Waals surface area contributed by atoms with Gasteiger partial charge in [0.2, 0.25) is 23.0 Å². The Morgan fingerprint density at radius 1 is 0.642 bits per heavy atom. The molecule has 81 heavy (non-hydrogen) atoms. The summed E-state index contributed by atoms with van der Waals surface area (Å²) < 4.78 is 10.9. The number of benzene rings is 2. The third-order valence-electron chi connectivity index (χ3n) is 16.8. The fraction of sp³-hybridized carbons (Fsp3) is 0.500. The highest BCUT2D eigenvalue weighted by molar-refractivity contribution is 9.09. The molecule has 4 aliphatic carbocycles. The van der Waals surface area contributed by atoms with Crippen LogP contribution in [-0.4, -0.2) is 101 Å². The number of carbonyl (C=O) groups excluding carboxylic acids is 8. The topological polar surface area (TPSA) is 225 Å². The summed E-state index contributed by atoms with van der Waals surface area (Å²) in [5, 5.41) is 13.0. The van der Waals surface area contributed by atoms with Gasteiger partial charge in [-0.15, -0.1) is 22.7 Å². The number of alkyl carbamates (subject to hydrolysis) is 1. The summed E-state index contributed by atoms with van der Waals surface area (Å²) in [4.78, 5) is 109. The third-order valence-corrected chi connectivity index (χ3v) is 19.8. The van der Waals surface area contributed by atoms with E-state index in [1.165, 1.54) is 68.7 Å².